The van der Waals surface area contributed by atoms with Crippen LogP contribution in [-0.2, 0) is 30.5 Å². The van der Waals surface area contributed by atoms with E-state index in [-0.39, 0.29) is 30.6 Å². The molecule has 1 aliphatic rings. The molecule has 11 heteroatoms. The van der Waals surface area contributed by atoms with Crippen molar-refractivity contribution in [2.75, 3.05) is 11.9 Å². The van der Waals surface area contributed by atoms with Crippen molar-refractivity contribution in [3.63, 3.8) is 0 Å². The molecule has 0 saturated heterocycles. The van der Waals surface area contributed by atoms with E-state index in [9.17, 15) is 14.3 Å². The maximum atomic E-state index is 13.2. The topological polar surface area (TPSA) is 114 Å². The predicted molar refractivity (Wildman–Crippen MR) is 141 cm³/mol. The molecule has 8 nitrogen and oxygen atoms in total. The van der Waals surface area contributed by atoms with Crippen LogP contribution in [0.4, 0.5) is 10.2 Å². The average Bonchev–Trinajstić information content (AvgIpc) is 3.54. The summed E-state index contributed by atoms with van der Waals surface area (Å²) in [6, 6.07) is 10.3. The molecule has 0 spiro atoms. The smallest absolute Gasteiger partial charge is 0.304 e. The van der Waals surface area contributed by atoms with Crippen LogP contribution in [0.25, 0.3) is 10.6 Å². The maximum absolute atomic E-state index is 13.2. The fourth-order valence-electron chi connectivity index (χ4n) is 4.31. The first-order valence-corrected chi connectivity index (χ1v) is 12.8. The average molecular weight is 544 g/mol. The monoisotopic (exact) mass is 543 g/mol. The normalized spacial score (nSPS) is 13.3. The van der Waals surface area contributed by atoms with E-state index in [1.807, 2.05) is 0 Å². The van der Waals surface area contributed by atoms with Crippen LogP contribution in [0.5, 0.6) is 0 Å². The summed E-state index contributed by atoms with van der Waals surface area (Å²) in [6.45, 7) is 0.965. The van der Waals surface area contributed by atoms with Gasteiger partial charge in [0.25, 0.3) is 0 Å². The molecule has 1 aliphatic heterocycles. The number of nitrogens with zero attached hydrogens (tertiary/aromatic N) is 4. The second-order valence-corrected chi connectivity index (χ2v) is 9.93. The zero-order valence-electron chi connectivity index (χ0n) is 20.0. The molecule has 0 aliphatic carbocycles. The van der Waals surface area contributed by atoms with Crippen LogP contribution in [0.2, 0.25) is 0 Å². The molecule has 194 valence electrons. The predicted octanol–water partition coefficient (Wildman–Crippen LogP) is 5.48. The highest BCUT2D eigenvalue weighted by Gasteiger charge is 2.22. The van der Waals surface area contributed by atoms with Gasteiger partial charge in [-0.05, 0) is 61.6 Å². The molecular weight excluding hydrogens is 517 g/mol. The molecule has 5 rings (SSSR count). The van der Waals surface area contributed by atoms with Gasteiger partial charge < -0.3 is 14.9 Å². The second-order valence-electron chi connectivity index (χ2n) is 8.87. The van der Waals surface area contributed by atoms with Crippen molar-refractivity contribution < 1.29 is 18.8 Å². The molecule has 4 aromatic rings. The number of carbonyl (C=O) groups is 1. The van der Waals surface area contributed by atoms with E-state index in [0.29, 0.717) is 29.6 Å². The molecule has 37 heavy (non-hydrogen) atoms. The van der Waals surface area contributed by atoms with E-state index < -0.39 is 5.97 Å². The van der Waals surface area contributed by atoms with E-state index in [1.165, 1.54) is 29.0 Å². The third-order valence-corrected chi connectivity index (χ3v) is 7.36. The number of carboxylic acid groups (broad SMARTS) is 1. The minimum Gasteiger partial charge on any atom is -0.481 e. The Hall–Kier alpha value is -3.37. The first-order chi connectivity index (χ1) is 17.5. The number of aromatic nitrogens is 4. The molecule has 0 bridgehead atoms. The molecule has 1 aromatic carbocycles. The lowest BCUT2D eigenvalue weighted by molar-refractivity contribution is -0.137. The van der Waals surface area contributed by atoms with Crippen molar-refractivity contribution in [1.29, 1.82) is 0 Å². The molecule has 0 radical (unpaired) electrons. The summed E-state index contributed by atoms with van der Waals surface area (Å²) < 4.78 is 18.7. The van der Waals surface area contributed by atoms with Crippen molar-refractivity contribution in [3.8, 4) is 10.6 Å². The first-order valence-electron chi connectivity index (χ1n) is 12.0. The lowest BCUT2D eigenvalue weighted by Crippen LogP contribution is -2.14. The van der Waals surface area contributed by atoms with E-state index in [0.717, 1.165) is 54.2 Å². The van der Waals surface area contributed by atoms with Gasteiger partial charge in [0.2, 0.25) is 5.89 Å². The number of aryl methyl sites for hydroxylation is 3. The number of hydrogen-bond acceptors (Lipinski definition) is 8. The molecule has 0 fully saturated rings. The summed E-state index contributed by atoms with van der Waals surface area (Å²) in [6.07, 6.45) is 6.40. The quantitative estimate of drug-likeness (QED) is 0.270. The summed E-state index contributed by atoms with van der Waals surface area (Å²) in [7, 11) is 0. The van der Waals surface area contributed by atoms with Gasteiger partial charge in [0.05, 0.1) is 6.42 Å². The highest BCUT2D eigenvalue weighted by Crippen LogP contribution is 2.33. The summed E-state index contributed by atoms with van der Waals surface area (Å²) in [5, 5.41) is 17.6. The van der Waals surface area contributed by atoms with Crippen molar-refractivity contribution in [1.82, 2.24) is 20.1 Å². The third-order valence-electron chi connectivity index (χ3n) is 6.15. The second kappa shape index (κ2) is 12.2. The van der Waals surface area contributed by atoms with E-state index in [1.54, 1.807) is 18.3 Å². The zero-order chi connectivity index (χ0) is 24.9. The number of anilines is 1. The summed E-state index contributed by atoms with van der Waals surface area (Å²) >= 11 is 1.39. The molecule has 2 N–H and O–H groups in total. The number of benzene rings is 1. The molecule has 0 saturated carbocycles. The minimum absolute atomic E-state index is 0. The number of hydrogen-bond donors (Lipinski definition) is 2. The van der Waals surface area contributed by atoms with Crippen LogP contribution in [0, 0.1) is 5.82 Å². The maximum Gasteiger partial charge on any atom is 0.304 e. The molecule has 3 aromatic heterocycles. The summed E-state index contributed by atoms with van der Waals surface area (Å²) in [4.78, 5) is 26.0. The van der Waals surface area contributed by atoms with Gasteiger partial charge in [-0.2, -0.15) is 4.98 Å². The highest BCUT2D eigenvalue weighted by molar-refractivity contribution is 7.15. The van der Waals surface area contributed by atoms with Gasteiger partial charge in [0, 0.05) is 47.6 Å². The van der Waals surface area contributed by atoms with Crippen LogP contribution in [-0.4, -0.2) is 37.7 Å². The van der Waals surface area contributed by atoms with Gasteiger partial charge in [0.15, 0.2) is 5.82 Å². The number of thiazole rings is 1. The first kappa shape index (κ1) is 26.7. The molecular formula is C26H27ClFN5O3S. The number of aliphatic carboxylic acids is 1. The van der Waals surface area contributed by atoms with Gasteiger partial charge >= 0.3 is 5.97 Å². The number of pyridine rings is 1. The van der Waals surface area contributed by atoms with E-state index in [2.05, 4.69) is 32.6 Å². The zero-order valence-corrected chi connectivity index (χ0v) is 21.7. The Labute approximate surface area is 223 Å². The van der Waals surface area contributed by atoms with Crippen molar-refractivity contribution in [2.24, 2.45) is 0 Å². The number of halogens is 2. The number of rotatable bonds is 10. The third kappa shape index (κ3) is 6.90. The van der Waals surface area contributed by atoms with Gasteiger partial charge in [-0.15, -0.1) is 23.7 Å². The lowest BCUT2D eigenvalue weighted by Gasteiger charge is -2.17. The fraction of sp³-hybridized carbons (Fsp3) is 0.346. The molecule has 0 amide bonds. The Morgan fingerprint density at radius 2 is 2.00 bits per heavy atom. The number of carboxylic acids is 1. The Morgan fingerprint density at radius 3 is 2.81 bits per heavy atom. The SMILES string of the molecule is Cl.O=C(O)CC(Cc1nc(CCCc2ccc3c(n2)NCCC3)no1)c1cnc(-c2ccc(F)cc2)s1. The summed E-state index contributed by atoms with van der Waals surface area (Å²) in [5.41, 5.74) is 3.09. The Balaban J connectivity index is 0.00000320. The molecule has 1 atom stereocenters. The Morgan fingerprint density at radius 1 is 1.16 bits per heavy atom. The standard InChI is InChI=1S/C26H26FN5O3S.ClH/c27-19-9-6-17(7-10-19)26-29-15-21(36-26)18(14-24(33)34)13-23-31-22(32-35-23)5-1-4-20-11-8-16-3-2-12-28-25(16)30-20;/h6-11,15,18H,1-5,12-14H2,(H,28,30)(H,33,34);1H. The van der Waals surface area contributed by atoms with E-state index >= 15 is 0 Å². The van der Waals surface area contributed by atoms with Gasteiger partial charge in [-0.25, -0.2) is 14.4 Å². The fourth-order valence-corrected chi connectivity index (χ4v) is 5.33. The summed E-state index contributed by atoms with van der Waals surface area (Å²) in [5.74, 6) is 0.423. The van der Waals surface area contributed by atoms with Gasteiger partial charge in [0.1, 0.15) is 16.6 Å². The Kier molecular flexibility index (Phi) is 8.83. The van der Waals surface area contributed by atoms with Crippen molar-refractivity contribution >= 4 is 35.5 Å². The van der Waals surface area contributed by atoms with Crippen LogP contribution in [0.15, 0.2) is 47.1 Å². The Bertz CT molecular complexity index is 1340. The molecule has 1 unspecified atom stereocenters. The van der Waals surface area contributed by atoms with Crippen molar-refractivity contribution in [3.05, 3.63) is 76.3 Å². The van der Waals surface area contributed by atoms with Crippen LogP contribution in [0.1, 0.15) is 53.0 Å². The number of fused-ring (bicyclic) bond motifs is 1. The molecule has 4 heterocycles. The van der Waals surface area contributed by atoms with Crippen LogP contribution in [0.3, 0.4) is 0 Å². The number of nitrogens with one attached hydrogen (secondary N) is 1. The van der Waals surface area contributed by atoms with Crippen molar-refractivity contribution in [2.45, 2.75) is 50.9 Å². The van der Waals surface area contributed by atoms with Crippen LogP contribution >= 0.6 is 23.7 Å². The van der Waals surface area contributed by atoms with Crippen LogP contribution < -0.4 is 5.32 Å². The van der Waals surface area contributed by atoms with E-state index in [4.69, 9.17) is 9.51 Å². The highest BCUT2D eigenvalue weighted by atomic mass is 35.5. The largest absolute Gasteiger partial charge is 0.481 e. The van der Waals surface area contributed by atoms with Gasteiger partial charge in [-0.1, -0.05) is 11.2 Å². The van der Waals surface area contributed by atoms with Gasteiger partial charge in [-0.3, -0.25) is 4.79 Å². The minimum atomic E-state index is -0.913. The lowest BCUT2D eigenvalue weighted by atomic mass is 10.0.